The molecule has 5 heteroatoms. The van der Waals surface area contributed by atoms with Crippen LogP contribution < -0.4 is 10.9 Å². The third-order valence-corrected chi connectivity index (χ3v) is 5.84. The zero-order valence-corrected chi connectivity index (χ0v) is 15.4. The molecule has 2 aliphatic rings. The van der Waals surface area contributed by atoms with Crippen LogP contribution in [0.2, 0.25) is 0 Å². The molecule has 3 aromatic rings. The van der Waals surface area contributed by atoms with E-state index in [1.807, 2.05) is 47.4 Å². The van der Waals surface area contributed by atoms with Crippen molar-refractivity contribution >= 4 is 11.7 Å². The number of hydrogen-bond acceptors (Lipinski definition) is 2. The molecule has 0 spiro atoms. The Bertz CT molecular complexity index is 1070. The lowest BCUT2D eigenvalue weighted by Gasteiger charge is -2.36. The summed E-state index contributed by atoms with van der Waals surface area (Å²) in [5, 5.41) is 3.05. The van der Waals surface area contributed by atoms with E-state index >= 15 is 0 Å². The molecule has 0 saturated carbocycles. The lowest BCUT2D eigenvalue weighted by molar-refractivity contribution is 0.179. The zero-order valence-electron chi connectivity index (χ0n) is 15.4. The highest BCUT2D eigenvalue weighted by molar-refractivity contribution is 5.90. The predicted molar refractivity (Wildman–Crippen MR) is 109 cm³/mol. The van der Waals surface area contributed by atoms with Gasteiger partial charge in [-0.25, -0.2) is 4.79 Å². The largest absolute Gasteiger partial charge is 0.329 e. The number of carbonyl (C=O) groups is 1. The van der Waals surface area contributed by atoms with Crippen molar-refractivity contribution in [2.45, 2.75) is 31.3 Å². The van der Waals surface area contributed by atoms with Crippen LogP contribution in [0.3, 0.4) is 0 Å². The number of H-pyrrole nitrogens is 1. The van der Waals surface area contributed by atoms with E-state index in [-0.39, 0.29) is 23.7 Å². The van der Waals surface area contributed by atoms with Crippen LogP contribution in [0, 0.1) is 0 Å². The standard InChI is InChI=1S/C23H21N3O2/c27-22-13-17-12-19-10-11-21(20(17)14-24-22)26(19)23(28)25-18-8-6-16(7-9-18)15-4-2-1-3-5-15/h1-9,13-14,19,21H,10-12H2,(H,24,27)(H,25,28)/t19-,21+/m0/s1. The Morgan fingerprint density at radius 2 is 1.75 bits per heavy atom. The van der Waals surface area contributed by atoms with Crippen molar-refractivity contribution in [2.24, 2.45) is 0 Å². The van der Waals surface area contributed by atoms with E-state index in [0.29, 0.717) is 0 Å². The summed E-state index contributed by atoms with van der Waals surface area (Å²) in [4.78, 5) is 29.3. The maximum atomic E-state index is 13.0. The van der Waals surface area contributed by atoms with Gasteiger partial charge in [0.05, 0.1) is 6.04 Å². The number of pyridine rings is 1. The Labute approximate surface area is 163 Å². The summed E-state index contributed by atoms with van der Waals surface area (Å²) < 4.78 is 0. The van der Waals surface area contributed by atoms with Gasteiger partial charge in [-0.2, -0.15) is 0 Å². The second-order valence-corrected chi connectivity index (χ2v) is 7.51. The van der Waals surface area contributed by atoms with Crippen LogP contribution in [-0.4, -0.2) is 22.0 Å². The van der Waals surface area contributed by atoms with E-state index in [2.05, 4.69) is 22.4 Å². The lowest BCUT2D eigenvalue weighted by Crippen LogP contribution is -2.44. The Kier molecular flexibility index (Phi) is 4.01. The summed E-state index contributed by atoms with van der Waals surface area (Å²) >= 11 is 0. The number of rotatable bonds is 2. The van der Waals surface area contributed by atoms with Crippen molar-refractivity contribution in [1.29, 1.82) is 0 Å². The normalized spacial score (nSPS) is 19.9. The van der Waals surface area contributed by atoms with Crippen LogP contribution in [0.5, 0.6) is 0 Å². The van der Waals surface area contributed by atoms with Crippen molar-refractivity contribution in [2.75, 3.05) is 5.32 Å². The Balaban J connectivity index is 1.35. The van der Waals surface area contributed by atoms with Gasteiger partial charge in [-0.05, 0) is 53.6 Å². The maximum Gasteiger partial charge on any atom is 0.322 e. The lowest BCUT2D eigenvalue weighted by atomic mass is 9.95. The SMILES string of the molecule is O=C(Nc1ccc(-c2ccccc2)cc1)N1[C@H]2CC[C@@H]1c1c[nH]c(=O)cc1C2. The molecule has 5 nitrogen and oxygen atoms in total. The number of carbonyl (C=O) groups excluding carboxylic acids is 1. The molecule has 0 aliphatic carbocycles. The van der Waals surface area contributed by atoms with Gasteiger partial charge in [0.2, 0.25) is 5.56 Å². The topological polar surface area (TPSA) is 65.2 Å². The van der Waals surface area contributed by atoms with Gasteiger partial charge in [-0.3, -0.25) is 4.79 Å². The number of fused-ring (bicyclic) bond motifs is 4. The number of nitrogens with one attached hydrogen (secondary N) is 2. The number of aromatic nitrogens is 1. The molecule has 140 valence electrons. The summed E-state index contributed by atoms with van der Waals surface area (Å²) in [6.45, 7) is 0. The van der Waals surface area contributed by atoms with Crippen LogP contribution in [0.25, 0.3) is 11.1 Å². The number of hydrogen-bond donors (Lipinski definition) is 2. The Morgan fingerprint density at radius 3 is 2.54 bits per heavy atom. The van der Waals surface area contributed by atoms with Crippen LogP contribution in [0.1, 0.15) is 30.0 Å². The first kappa shape index (κ1) is 16.8. The third-order valence-electron chi connectivity index (χ3n) is 5.84. The molecule has 2 amide bonds. The molecule has 0 unspecified atom stereocenters. The molecule has 2 aromatic carbocycles. The second kappa shape index (κ2) is 6.68. The van der Waals surface area contributed by atoms with Crippen LogP contribution >= 0.6 is 0 Å². The van der Waals surface area contributed by atoms with Crippen LogP contribution in [0.15, 0.2) is 71.7 Å². The van der Waals surface area contributed by atoms with Crippen LogP contribution in [0.4, 0.5) is 10.5 Å². The Morgan fingerprint density at radius 1 is 1.00 bits per heavy atom. The smallest absolute Gasteiger partial charge is 0.322 e. The van der Waals surface area contributed by atoms with E-state index in [4.69, 9.17) is 0 Å². The van der Waals surface area contributed by atoms with Gasteiger partial charge >= 0.3 is 6.03 Å². The van der Waals surface area contributed by atoms with Gasteiger partial charge in [0.25, 0.3) is 0 Å². The minimum atomic E-state index is -0.0745. The first-order valence-corrected chi connectivity index (χ1v) is 9.65. The summed E-state index contributed by atoms with van der Waals surface area (Å²) in [6.07, 6.45) is 4.42. The molecule has 1 fully saturated rings. The van der Waals surface area contributed by atoms with Gasteiger partial charge in [-0.1, -0.05) is 42.5 Å². The molecule has 2 atom stereocenters. The van der Waals surface area contributed by atoms with Crippen LogP contribution in [-0.2, 0) is 6.42 Å². The monoisotopic (exact) mass is 371 g/mol. The van der Waals surface area contributed by atoms with E-state index in [0.717, 1.165) is 47.2 Å². The number of benzene rings is 2. The maximum absolute atomic E-state index is 13.0. The fourth-order valence-electron chi connectivity index (χ4n) is 4.53. The fourth-order valence-corrected chi connectivity index (χ4v) is 4.53. The Hall–Kier alpha value is -3.34. The molecular weight excluding hydrogens is 350 g/mol. The minimum Gasteiger partial charge on any atom is -0.329 e. The number of amides is 2. The summed E-state index contributed by atoms with van der Waals surface area (Å²) in [5.41, 5.74) is 5.14. The molecule has 5 rings (SSSR count). The zero-order chi connectivity index (χ0) is 19.1. The summed E-state index contributed by atoms with van der Waals surface area (Å²) in [7, 11) is 0. The van der Waals surface area contributed by atoms with Crippen molar-refractivity contribution in [3.05, 3.63) is 88.3 Å². The van der Waals surface area contributed by atoms with Gasteiger partial charge in [0.15, 0.2) is 0 Å². The number of nitrogens with zero attached hydrogens (tertiary/aromatic N) is 1. The van der Waals surface area contributed by atoms with E-state index in [1.54, 1.807) is 12.3 Å². The average Bonchev–Trinajstić information content (AvgIpc) is 3.04. The highest BCUT2D eigenvalue weighted by atomic mass is 16.2. The van der Waals surface area contributed by atoms with Crippen molar-refractivity contribution in [3.63, 3.8) is 0 Å². The molecule has 3 heterocycles. The van der Waals surface area contributed by atoms with Gasteiger partial charge < -0.3 is 15.2 Å². The number of anilines is 1. The molecule has 2 aliphatic heterocycles. The third kappa shape index (κ3) is 2.89. The molecule has 2 N–H and O–H groups in total. The first-order chi connectivity index (χ1) is 13.7. The van der Waals surface area contributed by atoms with Crippen molar-refractivity contribution in [3.8, 4) is 11.1 Å². The average molecular weight is 371 g/mol. The fraction of sp³-hybridized carbons (Fsp3) is 0.217. The molecule has 1 aromatic heterocycles. The summed E-state index contributed by atoms with van der Waals surface area (Å²) in [5.74, 6) is 0. The molecule has 0 radical (unpaired) electrons. The minimum absolute atomic E-state index is 0.0363. The van der Waals surface area contributed by atoms with Gasteiger partial charge in [-0.15, -0.1) is 0 Å². The highest BCUT2D eigenvalue weighted by Gasteiger charge is 2.42. The number of urea groups is 1. The van der Waals surface area contributed by atoms with Gasteiger partial charge in [0, 0.05) is 24.0 Å². The van der Waals surface area contributed by atoms with Gasteiger partial charge in [0.1, 0.15) is 0 Å². The van der Waals surface area contributed by atoms with E-state index < -0.39 is 0 Å². The highest BCUT2D eigenvalue weighted by Crippen LogP contribution is 2.43. The predicted octanol–water partition coefficient (Wildman–Crippen LogP) is 4.34. The molecule has 1 saturated heterocycles. The first-order valence-electron chi connectivity index (χ1n) is 9.65. The van der Waals surface area contributed by atoms with E-state index in [9.17, 15) is 9.59 Å². The molecular formula is C23H21N3O2. The van der Waals surface area contributed by atoms with E-state index in [1.165, 1.54) is 0 Å². The summed E-state index contributed by atoms with van der Waals surface area (Å²) in [6, 6.07) is 19.9. The molecule has 28 heavy (non-hydrogen) atoms. The van der Waals surface area contributed by atoms with Crippen molar-refractivity contribution in [1.82, 2.24) is 9.88 Å². The molecule has 2 bridgehead atoms. The second-order valence-electron chi connectivity index (χ2n) is 7.51. The number of aromatic amines is 1. The van der Waals surface area contributed by atoms with Crippen molar-refractivity contribution < 1.29 is 4.79 Å². The quantitative estimate of drug-likeness (QED) is 0.704.